The number of hydrogen-bond donors (Lipinski definition) is 1. The number of carbonyl (C=O) groups excluding carboxylic acids is 1. The summed E-state index contributed by atoms with van der Waals surface area (Å²) in [5.41, 5.74) is 1.16. The van der Waals surface area contributed by atoms with Gasteiger partial charge in [-0.3, -0.25) is 9.69 Å². The van der Waals surface area contributed by atoms with Crippen LogP contribution >= 0.6 is 0 Å². The summed E-state index contributed by atoms with van der Waals surface area (Å²) in [6, 6.07) is 13.8. The maximum atomic E-state index is 12.9. The molecule has 150 valence electrons. The smallest absolute Gasteiger partial charge is 0.258 e. The minimum Gasteiger partial charge on any atom is -0.497 e. The van der Waals surface area contributed by atoms with E-state index in [9.17, 15) is 9.18 Å². The van der Waals surface area contributed by atoms with Gasteiger partial charge in [0, 0.05) is 6.54 Å². The molecule has 1 aliphatic rings. The second-order valence-corrected chi connectivity index (χ2v) is 6.93. The third-order valence-corrected chi connectivity index (χ3v) is 5.01. The van der Waals surface area contributed by atoms with Crippen molar-refractivity contribution in [3.63, 3.8) is 0 Å². The Hall–Kier alpha value is -2.60. The molecule has 6 heteroatoms. The Morgan fingerprint density at radius 2 is 1.68 bits per heavy atom. The molecule has 1 aliphatic heterocycles. The van der Waals surface area contributed by atoms with E-state index in [1.165, 1.54) is 43.5 Å². The van der Waals surface area contributed by atoms with Crippen LogP contribution in [0.15, 0.2) is 48.5 Å². The van der Waals surface area contributed by atoms with Crippen LogP contribution in [0.2, 0.25) is 0 Å². The highest BCUT2D eigenvalue weighted by Crippen LogP contribution is 2.25. The monoisotopic (exact) mass is 386 g/mol. The maximum absolute atomic E-state index is 12.9. The summed E-state index contributed by atoms with van der Waals surface area (Å²) in [6.45, 7) is 2.47. The molecular weight excluding hydrogens is 359 g/mol. The third kappa shape index (κ3) is 5.70. The number of rotatable bonds is 8. The summed E-state index contributed by atoms with van der Waals surface area (Å²) in [7, 11) is 1.65. The SMILES string of the molecule is COc1ccc([C@H](CNC(=O)COc2ccc(F)cc2)N2CCCCC2)cc1. The molecule has 2 aromatic carbocycles. The Morgan fingerprint density at radius 1 is 1.04 bits per heavy atom. The molecule has 0 bridgehead atoms. The van der Waals surface area contributed by atoms with E-state index in [0.29, 0.717) is 12.3 Å². The number of carbonyl (C=O) groups is 1. The molecule has 2 aromatic rings. The summed E-state index contributed by atoms with van der Waals surface area (Å²) >= 11 is 0. The van der Waals surface area contributed by atoms with Crippen LogP contribution in [-0.2, 0) is 4.79 Å². The largest absolute Gasteiger partial charge is 0.497 e. The van der Waals surface area contributed by atoms with E-state index < -0.39 is 0 Å². The molecule has 28 heavy (non-hydrogen) atoms. The van der Waals surface area contributed by atoms with Gasteiger partial charge in [-0.15, -0.1) is 0 Å². The molecule has 0 unspecified atom stereocenters. The highest BCUT2D eigenvalue weighted by molar-refractivity contribution is 5.77. The summed E-state index contributed by atoms with van der Waals surface area (Å²) in [5.74, 6) is 0.762. The second kappa shape index (κ2) is 10.1. The molecule has 1 saturated heterocycles. The molecule has 1 amide bonds. The van der Waals surface area contributed by atoms with Gasteiger partial charge in [0.2, 0.25) is 0 Å². The van der Waals surface area contributed by atoms with E-state index in [1.807, 2.05) is 12.1 Å². The van der Waals surface area contributed by atoms with Gasteiger partial charge in [-0.2, -0.15) is 0 Å². The molecular formula is C22H27FN2O3. The van der Waals surface area contributed by atoms with Crippen LogP contribution in [0.5, 0.6) is 11.5 Å². The average molecular weight is 386 g/mol. The summed E-state index contributed by atoms with van der Waals surface area (Å²) in [6.07, 6.45) is 3.60. The van der Waals surface area contributed by atoms with Gasteiger partial charge in [0.1, 0.15) is 17.3 Å². The quantitative estimate of drug-likeness (QED) is 0.754. The fraction of sp³-hybridized carbons (Fsp3) is 0.409. The van der Waals surface area contributed by atoms with Crippen LogP contribution in [0.25, 0.3) is 0 Å². The molecule has 3 rings (SSSR count). The van der Waals surface area contributed by atoms with Crippen molar-refractivity contribution in [2.45, 2.75) is 25.3 Å². The van der Waals surface area contributed by atoms with Crippen molar-refractivity contribution < 1.29 is 18.7 Å². The number of nitrogens with zero attached hydrogens (tertiary/aromatic N) is 1. The normalized spacial score (nSPS) is 15.6. The van der Waals surface area contributed by atoms with Gasteiger partial charge in [-0.05, 0) is 67.9 Å². The lowest BCUT2D eigenvalue weighted by Gasteiger charge is -2.35. The van der Waals surface area contributed by atoms with E-state index in [0.717, 1.165) is 24.4 Å². The number of likely N-dealkylation sites (tertiary alicyclic amines) is 1. The number of piperidine rings is 1. The molecule has 1 atom stereocenters. The summed E-state index contributed by atoms with van der Waals surface area (Å²) in [5, 5.41) is 2.98. The first-order chi connectivity index (χ1) is 13.7. The average Bonchev–Trinajstić information content (AvgIpc) is 2.74. The first-order valence-electron chi connectivity index (χ1n) is 9.69. The highest BCUT2D eigenvalue weighted by Gasteiger charge is 2.23. The Balaban J connectivity index is 1.58. The minimum atomic E-state index is -0.333. The van der Waals surface area contributed by atoms with Crippen molar-refractivity contribution >= 4 is 5.91 Å². The lowest BCUT2D eigenvalue weighted by molar-refractivity contribution is -0.123. The molecule has 0 aliphatic carbocycles. The highest BCUT2D eigenvalue weighted by atomic mass is 19.1. The number of amides is 1. The molecule has 1 N–H and O–H groups in total. The fourth-order valence-electron chi connectivity index (χ4n) is 3.46. The van der Waals surface area contributed by atoms with Crippen molar-refractivity contribution in [3.8, 4) is 11.5 Å². The number of methoxy groups -OCH3 is 1. The number of benzene rings is 2. The van der Waals surface area contributed by atoms with Gasteiger partial charge in [-0.1, -0.05) is 18.6 Å². The Kier molecular flexibility index (Phi) is 7.25. The molecule has 0 saturated carbocycles. The van der Waals surface area contributed by atoms with Gasteiger partial charge < -0.3 is 14.8 Å². The third-order valence-electron chi connectivity index (χ3n) is 5.01. The van der Waals surface area contributed by atoms with Gasteiger partial charge >= 0.3 is 0 Å². The molecule has 0 spiro atoms. The summed E-state index contributed by atoms with van der Waals surface area (Å²) in [4.78, 5) is 14.7. The molecule has 1 heterocycles. The fourth-order valence-corrected chi connectivity index (χ4v) is 3.46. The van der Waals surface area contributed by atoms with Crippen LogP contribution in [0.3, 0.4) is 0 Å². The van der Waals surface area contributed by atoms with E-state index >= 15 is 0 Å². The Labute approximate surface area is 165 Å². The standard InChI is InChI=1S/C22H27FN2O3/c1-27-19-9-5-17(6-10-19)21(25-13-3-2-4-14-25)15-24-22(26)16-28-20-11-7-18(23)8-12-20/h5-12,21H,2-4,13-16H2,1H3,(H,24,26)/t21-/m0/s1. The molecule has 0 radical (unpaired) electrons. The number of nitrogens with one attached hydrogen (secondary N) is 1. The van der Waals surface area contributed by atoms with E-state index in [1.54, 1.807) is 7.11 Å². The van der Waals surface area contributed by atoms with Crippen LogP contribution in [0.4, 0.5) is 4.39 Å². The second-order valence-electron chi connectivity index (χ2n) is 6.93. The first kappa shape index (κ1) is 20.1. The van der Waals surface area contributed by atoms with Crippen molar-refractivity contribution in [1.29, 1.82) is 0 Å². The molecule has 1 fully saturated rings. The van der Waals surface area contributed by atoms with E-state index in [-0.39, 0.29) is 24.4 Å². The molecule has 0 aromatic heterocycles. The van der Waals surface area contributed by atoms with Crippen molar-refractivity contribution in [1.82, 2.24) is 10.2 Å². The zero-order valence-corrected chi connectivity index (χ0v) is 16.2. The van der Waals surface area contributed by atoms with Crippen molar-refractivity contribution in [2.75, 3.05) is 33.4 Å². The predicted molar refractivity (Wildman–Crippen MR) is 106 cm³/mol. The Bertz CT molecular complexity index is 743. The lowest BCUT2D eigenvalue weighted by atomic mass is 10.0. The van der Waals surface area contributed by atoms with Crippen LogP contribution < -0.4 is 14.8 Å². The minimum absolute atomic E-state index is 0.0963. The topological polar surface area (TPSA) is 50.8 Å². The van der Waals surface area contributed by atoms with Crippen LogP contribution in [0.1, 0.15) is 30.9 Å². The van der Waals surface area contributed by atoms with E-state index in [2.05, 4.69) is 22.3 Å². The van der Waals surface area contributed by atoms with Crippen molar-refractivity contribution in [3.05, 3.63) is 59.9 Å². The van der Waals surface area contributed by atoms with Gasteiger partial charge in [0.15, 0.2) is 6.61 Å². The molecule has 5 nitrogen and oxygen atoms in total. The number of ether oxygens (including phenoxy) is 2. The Morgan fingerprint density at radius 3 is 2.32 bits per heavy atom. The van der Waals surface area contributed by atoms with Gasteiger partial charge in [0.05, 0.1) is 13.2 Å². The maximum Gasteiger partial charge on any atom is 0.258 e. The summed E-state index contributed by atoms with van der Waals surface area (Å²) < 4.78 is 23.6. The lowest BCUT2D eigenvalue weighted by Crippen LogP contribution is -2.41. The zero-order valence-electron chi connectivity index (χ0n) is 16.2. The van der Waals surface area contributed by atoms with Crippen LogP contribution in [0, 0.1) is 5.82 Å². The first-order valence-corrected chi connectivity index (χ1v) is 9.69. The zero-order chi connectivity index (χ0) is 19.8. The van der Waals surface area contributed by atoms with E-state index in [4.69, 9.17) is 9.47 Å². The van der Waals surface area contributed by atoms with Crippen LogP contribution in [-0.4, -0.2) is 44.2 Å². The van der Waals surface area contributed by atoms with Gasteiger partial charge in [0.25, 0.3) is 5.91 Å². The predicted octanol–water partition coefficient (Wildman–Crippen LogP) is 3.56. The number of halogens is 1. The van der Waals surface area contributed by atoms with Crippen molar-refractivity contribution in [2.24, 2.45) is 0 Å². The number of hydrogen-bond acceptors (Lipinski definition) is 4. The van der Waals surface area contributed by atoms with Gasteiger partial charge in [-0.25, -0.2) is 4.39 Å².